The summed E-state index contributed by atoms with van der Waals surface area (Å²) in [6.07, 6.45) is 0. The lowest BCUT2D eigenvalue weighted by molar-refractivity contribution is -0.143. The fraction of sp³-hybridized carbons (Fsp3) is 0.333. The highest BCUT2D eigenvalue weighted by Gasteiger charge is 2.45. The Morgan fingerprint density at radius 3 is 1.25 bits per heavy atom. The molecule has 0 aliphatic carbocycles. The van der Waals surface area contributed by atoms with Gasteiger partial charge in [0.05, 0.1) is 0 Å². The predicted molar refractivity (Wildman–Crippen MR) is 81.5 cm³/mol. The van der Waals surface area contributed by atoms with Gasteiger partial charge in [-0.05, 0) is 49.9 Å². The fourth-order valence-corrected chi connectivity index (χ4v) is 2.76. The predicted octanol–water partition coefficient (Wildman–Crippen LogP) is 3.42. The highest BCUT2D eigenvalue weighted by atomic mass is 16.4. The number of benzene rings is 2. The minimum Gasteiger partial charge on any atom is -0.382 e. The second-order valence-corrected chi connectivity index (χ2v) is 5.77. The van der Waals surface area contributed by atoms with Gasteiger partial charge in [0.25, 0.3) is 0 Å². The van der Waals surface area contributed by atoms with Crippen LogP contribution in [0, 0.1) is 13.8 Å². The van der Waals surface area contributed by atoms with Crippen LogP contribution in [0.15, 0.2) is 48.5 Å². The normalized spacial score (nSPS) is 17.3. The molecule has 2 N–H and O–H groups in total. The molecular formula is C18H22O2. The van der Waals surface area contributed by atoms with Gasteiger partial charge in [0.15, 0.2) is 0 Å². The molecule has 106 valence electrons. The quantitative estimate of drug-likeness (QED) is 0.897. The number of hydrogen-bond acceptors (Lipinski definition) is 2. The summed E-state index contributed by atoms with van der Waals surface area (Å²) in [7, 11) is 0. The van der Waals surface area contributed by atoms with Gasteiger partial charge in [-0.15, -0.1) is 0 Å². The van der Waals surface area contributed by atoms with Crippen molar-refractivity contribution in [1.82, 2.24) is 0 Å². The van der Waals surface area contributed by atoms with Crippen molar-refractivity contribution in [2.75, 3.05) is 0 Å². The lowest BCUT2D eigenvalue weighted by atomic mass is 9.73. The van der Waals surface area contributed by atoms with Crippen molar-refractivity contribution in [2.24, 2.45) is 0 Å². The molecule has 0 heterocycles. The summed E-state index contributed by atoms with van der Waals surface area (Å²) in [6.45, 7) is 7.22. The summed E-state index contributed by atoms with van der Waals surface area (Å²) in [6, 6.07) is 15.2. The molecule has 2 aromatic carbocycles. The molecule has 0 aliphatic heterocycles. The van der Waals surface area contributed by atoms with Crippen LogP contribution in [0.3, 0.4) is 0 Å². The average molecular weight is 270 g/mol. The van der Waals surface area contributed by atoms with Crippen LogP contribution < -0.4 is 0 Å². The molecule has 0 spiro atoms. The summed E-state index contributed by atoms with van der Waals surface area (Å²) in [4.78, 5) is 0. The standard InChI is InChI=1S/C18H22O2/c1-13-9-5-7-11-15(13)17(3,19)18(4,20)16-12-8-6-10-14(16)2/h5-12,19-20H,1-4H3. The highest BCUT2D eigenvalue weighted by molar-refractivity contribution is 5.39. The van der Waals surface area contributed by atoms with Gasteiger partial charge in [-0.25, -0.2) is 0 Å². The third kappa shape index (κ3) is 2.26. The largest absolute Gasteiger partial charge is 0.382 e. The van der Waals surface area contributed by atoms with Gasteiger partial charge in [-0.2, -0.15) is 0 Å². The second-order valence-electron chi connectivity index (χ2n) is 5.77. The maximum Gasteiger partial charge on any atom is 0.120 e. The molecule has 0 fully saturated rings. The Bertz CT molecular complexity index is 557. The molecule has 0 bridgehead atoms. The SMILES string of the molecule is Cc1ccccc1C(C)(O)C(C)(O)c1ccccc1C. The molecule has 2 rings (SSSR count). The van der Waals surface area contributed by atoms with E-state index in [-0.39, 0.29) is 0 Å². The van der Waals surface area contributed by atoms with Crippen molar-refractivity contribution in [1.29, 1.82) is 0 Å². The van der Waals surface area contributed by atoms with Crippen LogP contribution in [-0.4, -0.2) is 10.2 Å². The van der Waals surface area contributed by atoms with E-state index < -0.39 is 11.2 Å². The summed E-state index contributed by atoms with van der Waals surface area (Å²) in [5.41, 5.74) is 0.675. The van der Waals surface area contributed by atoms with E-state index in [1.165, 1.54) is 0 Å². The van der Waals surface area contributed by atoms with Gasteiger partial charge in [-0.3, -0.25) is 0 Å². The Morgan fingerprint density at radius 1 is 0.650 bits per heavy atom. The number of aryl methyl sites for hydroxylation is 2. The van der Waals surface area contributed by atoms with E-state index in [0.29, 0.717) is 0 Å². The Morgan fingerprint density at radius 2 is 0.950 bits per heavy atom. The Balaban J connectivity index is 2.58. The lowest BCUT2D eigenvalue weighted by Gasteiger charge is -2.41. The summed E-state index contributed by atoms with van der Waals surface area (Å²) < 4.78 is 0. The first-order chi connectivity index (χ1) is 9.28. The third-order valence-electron chi connectivity index (χ3n) is 4.29. The fourth-order valence-electron chi connectivity index (χ4n) is 2.76. The topological polar surface area (TPSA) is 40.5 Å². The van der Waals surface area contributed by atoms with Gasteiger partial charge >= 0.3 is 0 Å². The number of hydrogen-bond donors (Lipinski definition) is 2. The Hall–Kier alpha value is -1.64. The van der Waals surface area contributed by atoms with Crippen LogP contribution in [0.2, 0.25) is 0 Å². The zero-order chi connectivity index (χ0) is 15.0. The average Bonchev–Trinajstić information content (AvgIpc) is 2.39. The van der Waals surface area contributed by atoms with E-state index in [1.807, 2.05) is 62.4 Å². The molecule has 0 aliphatic rings. The van der Waals surface area contributed by atoms with Crippen molar-refractivity contribution in [3.63, 3.8) is 0 Å². The Labute approximate surface area is 120 Å². The first kappa shape index (κ1) is 14.8. The zero-order valence-corrected chi connectivity index (χ0v) is 12.5. The van der Waals surface area contributed by atoms with Crippen molar-refractivity contribution in [2.45, 2.75) is 38.9 Å². The van der Waals surface area contributed by atoms with Crippen molar-refractivity contribution in [3.8, 4) is 0 Å². The van der Waals surface area contributed by atoms with Gasteiger partial charge in [0, 0.05) is 0 Å². The third-order valence-corrected chi connectivity index (χ3v) is 4.29. The van der Waals surface area contributed by atoms with Gasteiger partial charge in [0.1, 0.15) is 11.2 Å². The highest BCUT2D eigenvalue weighted by Crippen LogP contribution is 2.42. The molecule has 2 unspecified atom stereocenters. The van der Waals surface area contributed by atoms with Crippen molar-refractivity contribution < 1.29 is 10.2 Å². The summed E-state index contributed by atoms with van der Waals surface area (Å²) >= 11 is 0. The molecule has 2 heteroatoms. The smallest absolute Gasteiger partial charge is 0.120 e. The molecule has 0 saturated heterocycles. The first-order valence-electron chi connectivity index (χ1n) is 6.85. The van der Waals surface area contributed by atoms with Gasteiger partial charge in [0.2, 0.25) is 0 Å². The lowest BCUT2D eigenvalue weighted by Crippen LogP contribution is -2.45. The van der Waals surface area contributed by atoms with E-state index in [9.17, 15) is 10.2 Å². The molecule has 20 heavy (non-hydrogen) atoms. The van der Waals surface area contributed by atoms with Crippen LogP contribution in [0.5, 0.6) is 0 Å². The van der Waals surface area contributed by atoms with E-state index >= 15 is 0 Å². The van der Waals surface area contributed by atoms with Crippen LogP contribution in [0.4, 0.5) is 0 Å². The molecular weight excluding hydrogens is 248 g/mol. The summed E-state index contributed by atoms with van der Waals surface area (Å²) in [5.74, 6) is 0. The maximum atomic E-state index is 11.0. The van der Waals surface area contributed by atoms with Crippen LogP contribution in [0.1, 0.15) is 36.1 Å². The Kier molecular flexibility index (Phi) is 3.72. The molecule has 2 nitrogen and oxygen atoms in total. The van der Waals surface area contributed by atoms with Crippen LogP contribution in [0.25, 0.3) is 0 Å². The van der Waals surface area contributed by atoms with Gasteiger partial charge < -0.3 is 10.2 Å². The molecule has 0 amide bonds. The van der Waals surface area contributed by atoms with Crippen molar-refractivity contribution in [3.05, 3.63) is 70.8 Å². The molecule has 0 saturated carbocycles. The molecule has 0 radical (unpaired) electrons. The molecule has 2 atom stereocenters. The minimum atomic E-state index is -1.37. The van der Waals surface area contributed by atoms with E-state index in [4.69, 9.17) is 0 Å². The monoisotopic (exact) mass is 270 g/mol. The van der Waals surface area contributed by atoms with E-state index in [1.54, 1.807) is 13.8 Å². The van der Waals surface area contributed by atoms with Crippen molar-refractivity contribution >= 4 is 0 Å². The number of rotatable bonds is 3. The van der Waals surface area contributed by atoms with Crippen LogP contribution >= 0.6 is 0 Å². The minimum absolute atomic E-state index is 0.744. The number of aliphatic hydroxyl groups is 2. The van der Waals surface area contributed by atoms with Gasteiger partial charge in [-0.1, -0.05) is 48.5 Å². The van der Waals surface area contributed by atoms with E-state index in [0.717, 1.165) is 22.3 Å². The molecule has 0 aromatic heterocycles. The van der Waals surface area contributed by atoms with E-state index in [2.05, 4.69) is 0 Å². The molecule has 2 aromatic rings. The maximum absolute atomic E-state index is 11.0. The second kappa shape index (κ2) is 5.04. The zero-order valence-electron chi connectivity index (χ0n) is 12.5. The summed E-state index contributed by atoms with van der Waals surface area (Å²) in [5, 5.41) is 22.0. The van der Waals surface area contributed by atoms with Crippen LogP contribution in [-0.2, 0) is 11.2 Å². The first-order valence-corrected chi connectivity index (χ1v) is 6.85.